The van der Waals surface area contributed by atoms with E-state index in [0.29, 0.717) is 17.7 Å². The van der Waals surface area contributed by atoms with Crippen LogP contribution in [0.5, 0.6) is 0 Å². The molecule has 4 nitrogen and oxygen atoms in total. The van der Waals surface area contributed by atoms with Crippen molar-refractivity contribution in [2.75, 3.05) is 26.2 Å². The Bertz CT molecular complexity index is 300. The normalized spacial score (nSPS) is 23.6. The van der Waals surface area contributed by atoms with E-state index in [4.69, 9.17) is 0 Å². The molecule has 1 fully saturated rings. The molecule has 0 bridgehead atoms. The zero-order chi connectivity index (χ0) is 15.3. The van der Waals surface area contributed by atoms with Gasteiger partial charge in [0.05, 0.1) is 12.2 Å². The van der Waals surface area contributed by atoms with E-state index in [1.54, 1.807) is 0 Å². The number of amides is 1. The second-order valence-electron chi connectivity index (χ2n) is 6.60. The molecule has 2 atom stereocenters. The SMILES string of the molecule is CCN(CC)CCN1C(=O)C(CC(C)C)NC1C(C)C. The Morgan fingerprint density at radius 3 is 2.25 bits per heavy atom. The molecule has 1 amide bonds. The number of nitrogens with zero attached hydrogens (tertiary/aromatic N) is 2. The molecule has 0 aromatic heterocycles. The summed E-state index contributed by atoms with van der Waals surface area (Å²) in [6, 6.07) is 0.0131. The molecule has 1 saturated heterocycles. The van der Waals surface area contributed by atoms with Crippen LogP contribution >= 0.6 is 0 Å². The zero-order valence-corrected chi connectivity index (χ0v) is 14.1. The zero-order valence-electron chi connectivity index (χ0n) is 14.1. The summed E-state index contributed by atoms with van der Waals surface area (Å²) in [5.74, 6) is 1.30. The van der Waals surface area contributed by atoms with Crippen molar-refractivity contribution in [3.8, 4) is 0 Å². The number of likely N-dealkylation sites (N-methyl/N-ethyl adjacent to an activating group) is 1. The van der Waals surface area contributed by atoms with Gasteiger partial charge >= 0.3 is 0 Å². The van der Waals surface area contributed by atoms with E-state index in [1.807, 2.05) is 0 Å². The second-order valence-corrected chi connectivity index (χ2v) is 6.60. The van der Waals surface area contributed by atoms with Crippen LogP contribution in [-0.2, 0) is 4.79 Å². The second kappa shape index (κ2) is 7.99. The van der Waals surface area contributed by atoms with Gasteiger partial charge in [-0.15, -0.1) is 0 Å². The lowest BCUT2D eigenvalue weighted by atomic mass is 10.0. The lowest BCUT2D eigenvalue weighted by molar-refractivity contribution is -0.131. The van der Waals surface area contributed by atoms with Crippen molar-refractivity contribution in [3.63, 3.8) is 0 Å². The molecule has 4 heteroatoms. The summed E-state index contributed by atoms with van der Waals surface area (Å²) < 4.78 is 0. The molecule has 0 spiro atoms. The minimum atomic E-state index is 0.0131. The van der Waals surface area contributed by atoms with E-state index in [9.17, 15) is 4.79 Å². The predicted octanol–water partition coefficient (Wildman–Crippen LogP) is 2.16. The third kappa shape index (κ3) is 4.45. The first-order chi connectivity index (χ1) is 9.40. The largest absolute Gasteiger partial charge is 0.324 e. The Morgan fingerprint density at radius 1 is 1.20 bits per heavy atom. The molecule has 1 aliphatic heterocycles. The monoisotopic (exact) mass is 283 g/mol. The lowest BCUT2D eigenvalue weighted by Crippen LogP contribution is -2.45. The predicted molar refractivity (Wildman–Crippen MR) is 84.5 cm³/mol. The molecule has 20 heavy (non-hydrogen) atoms. The third-order valence-corrected chi connectivity index (χ3v) is 4.18. The topological polar surface area (TPSA) is 35.6 Å². The Balaban J connectivity index is 2.67. The summed E-state index contributed by atoms with van der Waals surface area (Å²) >= 11 is 0. The van der Waals surface area contributed by atoms with Crippen LogP contribution in [0.1, 0.15) is 48.0 Å². The van der Waals surface area contributed by atoms with Gasteiger partial charge in [-0.3, -0.25) is 10.1 Å². The molecule has 0 saturated carbocycles. The molecule has 1 aliphatic rings. The van der Waals surface area contributed by atoms with Crippen LogP contribution in [0.3, 0.4) is 0 Å². The molecule has 2 unspecified atom stereocenters. The maximum absolute atomic E-state index is 12.6. The molecule has 0 aromatic carbocycles. The maximum Gasteiger partial charge on any atom is 0.241 e. The number of carbonyl (C=O) groups is 1. The average Bonchev–Trinajstić information content (AvgIpc) is 2.68. The van der Waals surface area contributed by atoms with Gasteiger partial charge < -0.3 is 9.80 Å². The first kappa shape index (κ1) is 17.4. The van der Waals surface area contributed by atoms with Crippen LogP contribution in [-0.4, -0.2) is 54.1 Å². The molecule has 118 valence electrons. The molecule has 0 aliphatic carbocycles. The lowest BCUT2D eigenvalue weighted by Gasteiger charge is -2.29. The van der Waals surface area contributed by atoms with Crippen molar-refractivity contribution >= 4 is 5.91 Å². The van der Waals surface area contributed by atoms with Crippen molar-refractivity contribution in [1.29, 1.82) is 0 Å². The molecular weight excluding hydrogens is 250 g/mol. The number of rotatable bonds is 8. The van der Waals surface area contributed by atoms with E-state index >= 15 is 0 Å². The smallest absolute Gasteiger partial charge is 0.241 e. The van der Waals surface area contributed by atoms with E-state index in [1.165, 1.54) is 0 Å². The highest BCUT2D eigenvalue weighted by atomic mass is 16.2. The Labute approximate surface area is 124 Å². The fourth-order valence-corrected chi connectivity index (χ4v) is 2.94. The fourth-order valence-electron chi connectivity index (χ4n) is 2.94. The summed E-state index contributed by atoms with van der Waals surface area (Å²) in [5, 5.41) is 3.54. The molecular formula is C16H33N3O. The summed E-state index contributed by atoms with van der Waals surface area (Å²) in [6.45, 7) is 17.0. The van der Waals surface area contributed by atoms with Gasteiger partial charge in [0.25, 0.3) is 0 Å². The third-order valence-electron chi connectivity index (χ3n) is 4.18. The summed E-state index contributed by atoms with van der Waals surface area (Å²) in [6.07, 6.45) is 1.13. The molecule has 1 N–H and O–H groups in total. The fraction of sp³-hybridized carbons (Fsp3) is 0.938. The van der Waals surface area contributed by atoms with Crippen LogP contribution in [0.25, 0.3) is 0 Å². The average molecular weight is 283 g/mol. The minimum absolute atomic E-state index is 0.0131. The Kier molecular flexibility index (Phi) is 6.96. The molecule has 1 rings (SSSR count). The first-order valence-corrected chi connectivity index (χ1v) is 8.19. The van der Waals surface area contributed by atoms with E-state index in [-0.39, 0.29) is 12.2 Å². The van der Waals surface area contributed by atoms with Crippen LogP contribution in [0.4, 0.5) is 0 Å². The summed E-state index contributed by atoms with van der Waals surface area (Å²) in [5.41, 5.74) is 0. The highest BCUT2D eigenvalue weighted by molar-refractivity contribution is 5.84. The van der Waals surface area contributed by atoms with Crippen LogP contribution in [0.15, 0.2) is 0 Å². The van der Waals surface area contributed by atoms with Gasteiger partial charge in [0.2, 0.25) is 5.91 Å². The van der Waals surface area contributed by atoms with Crippen LogP contribution in [0, 0.1) is 11.8 Å². The molecule has 1 heterocycles. The quantitative estimate of drug-likeness (QED) is 0.741. The standard InChI is InChI=1S/C16H33N3O/c1-7-18(8-2)9-10-19-15(13(5)6)17-14(16(19)20)11-12(3)4/h12-15,17H,7-11H2,1-6H3. The van der Waals surface area contributed by atoms with Gasteiger partial charge in [-0.2, -0.15) is 0 Å². The summed E-state index contributed by atoms with van der Waals surface area (Å²) in [4.78, 5) is 17.0. The van der Waals surface area contributed by atoms with Crippen molar-refractivity contribution in [1.82, 2.24) is 15.1 Å². The highest BCUT2D eigenvalue weighted by Gasteiger charge is 2.39. The van der Waals surface area contributed by atoms with Crippen LogP contribution in [0.2, 0.25) is 0 Å². The van der Waals surface area contributed by atoms with Gasteiger partial charge in [-0.25, -0.2) is 0 Å². The van der Waals surface area contributed by atoms with Crippen molar-refractivity contribution < 1.29 is 4.79 Å². The van der Waals surface area contributed by atoms with Crippen molar-refractivity contribution in [2.24, 2.45) is 11.8 Å². The van der Waals surface area contributed by atoms with Gasteiger partial charge in [-0.1, -0.05) is 41.5 Å². The van der Waals surface area contributed by atoms with Crippen molar-refractivity contribution in [2.45, 2.75) is 60.2 Å². The van der Waals surface area contributed by atoms with Gasteiger partial charge in [-0.05, 0) is 31.3 Å². The Morgan fingerprint density at radius 2 is 1.80 bits per heavy atom. The van der Waals surface area contributed by atoms with Gasteiger partial charge in [0.1, 0.15) is 0 Å². The van der Waals surface area contributed by atoms with E-state index in [0.717, 1.165) is 32.6 Å². The number of hydrogen-bond donors (Lipinski definition) is 1. The minimum Gasteiger partial charge on any atom is -0.324 e. The molecule has 0 radical (unpaired) electrons. The highest BCUT2D eigenvalue weighted by Crippen LogP contribution is 2.21. The van der Waals surface area contributed by atoms with Crippen molar-refractivity contribution in [3.05, 3.63) is 0 Å². The van der Waals surface area contributed by atoms with Crippen LogP contribution < -0.4 is 5.32 Å². The summed E-state index contributed by atoms with van der Waals surface area (Å²) in [7, 11) is 0. The van der Waals surface area contributed by atoms with E-state index < -0.39 is 0 Å². The number of carbonyl (C=O) groups excluding carboxylic acids is 1. The number of hydrogen-bond acceptors (Lipinski definition) is 3. The Hall–Kier alpha value is -0.610. The van der Waals surface area contributed by atoms with E-state index in [2.05, 4.69) is 56.7 Å². The first-order valence-electron chi connectivity index (χ1n) is 8.19. The maximum atomic E-state index is 12.6. The van der Waals surface area contributed by atoms with Gasteiger partial charge in [0, 0.05) is 13.1 Å². The number of nitrogens with one attached hydrogen (secondary N) is 1. The van der Waals surface area contributed by atoms with Gasteiger partial charge in [0.15, 0.2) is 0 Å². The molecule has 0 aromatic rings.